The smallest absolute Gasteiger partial charge is 0.333 e. The summed E-state index contributed by atoms with van der Waals surface area (Å²) in [5.74, 6) is 1.28. The van der Waals surface area contributed by atoms with E-state index in [0.717, 1.165) is 0 Å². The first kappa shape index (κ1) is 21.8. The van der Waals surface area contributed by atoms with Gasteiger partial charge in [0.25, 0.3) is 0 Å². The first-order chi connectivity index (χ1) is 9.73. The van der Waals surface area contributed by atoms with Gasteiger partial charge in [0.05, 0.1) is 0 Å². The number of rotatable bonds is 7. The summed E-state index contributed by atoms with van der Waals surface area (Å²) in [7, 11) is 0. The number of benzene rings is 1. The van der Waals surface area contributed by atoms with Crippen molar-refractivity contribution in [2.24, 2.45) is 11.8 Å². The minimum Gasteiger partial charge on any atom is -0.333 e. The molecule has 0 N–H and O–H groups in total. The Hall–Kier alpha value is -0.183. The molecule has 22 heavy (non-hydrogen) atoms. The molecular weight excluding hydrogens is 259 g/mol. The zero-order valence-electron chi connectivity index (χ0n) is 16.3. The van der Waals surface area contributed by atoms with Gasteiger partial charge in [0.15, 0.2) is 0 Å². The molecular formula is C21H35Li. The Labute approximate surface area is 151 Å². The Kier molecular flexibility index (Phi) is 8.54. The summed E-state index contributed by atoms with van der Waals surface area (Å²) in [4.78, 5) is 0. The summed E-state index contributed by atoms with van der Waals surface area (Å²) in [6, 6.07) is 9.22. The van der Waals surface area contributed by atoms with Crippen LogP contribution in [0.5, 0.6) is 0 Å². The van der Waals surface area contributed by atoms with E-state index in [9.17, 15) is 0 Å². The summed E-state index contributed by atoms with van der Waals surface area (Å²) < 4.78 is 0. The molecule has 0 aliphatic rings. The van der Waals surface area contributed by atoms with Crippen LogP contribution < -0.4 is 18.9 Å². The fourth-order valence-corrected chi connectivity index (χ4v) is 3.25. The molecule has 4 unspecified atom stereocenters. The average molecular weight is 294 g/mol. The van der Waals surface area contributed by atoms with E-state index in [1.165, 1.54) is 30.4 Å². The monoisotopic (exact) mass is 294 g/mol. The molecule has 0 aliphatic heterocycles. The maximum absolute atomic E-state index is 4.52. The van der Waals surface area contributed by atoms with Crippen molar-refractivity contribution >= 4 is 0 Å². The molecule has 0 bridgehead atoms. The van der Waals surface area contributed by atoms with Crippen LogP contribution in [0, 0.1) is 18.8 Å². The molecule has 1 rings (SSSR count). The molecule has 0 saturated carbocycles. The molecule has 0 radical (unpaired) electrons. The maximum Gasteiger partial charge on any atom is 1.00 e. The second-order valence-electron chi connectivity index (χ2n) is 7.39. The molecule has 4 atom stereocenters. The Morgan fingerprint density at radius 3 is 1.91 bits per heavy atom. The Bertz CT molecular complexity index is 449. The maximum atomic E-state index is 4.52. The summed E-state index contributed by atoms with van der Waals surface area (Å²) >= 11 is 0. The van der Waals surface area contributed by atoms with Crippen LogP contribution in [0.4, 0.5) is 0 Å². The van der Waals surface area contributed by atoms with Crippen LogP contribution >= 0.6 is 0 Å². The van der Waals surface area contributed by atoms with Crippen molar-refractivity contribution in [1.29, 1.82) is 0 Å². The fraction of sp³-hybridized carbons (Fsp3) is 0.667. The quantitative estimate of drug-likeness (QED) is 0.533. The number of hydrogen-bond donors (Lipinski definition) is 0. The van der Waals surface area contributed by atoms with Crippen molar-refractivity contribution in [3.05, 3.63) is 42.3 Å². The molecule has 1 aromatic rings. The van der Waals surface area contributed by atoms with Gasteiger partial charge in [-0.25, -0.2) is 0 Å². The molecule has 0 spiro atoms. The van der Waals surface area contributed by atoms with Crippen LogP contribution in [0.3, 0.4) is 0 Å². The first-order valence-electron chi connectivity index (χ1n) is 8.70. The second-order valence-corrected chi connectivity index (χ2v) is 7.39. The summed E-state index contributed by atoms with van der Waals surface area (Å²) in [5, 5.41) is 0. The van der Waals surface area contributed by atoms with Crippen molar-refractivity contribution in [3.8, 4) is 0 Å². The van der Waals surface area contributed by atoms with E-state index >= 15 is 0 Å². The SMILES string of the molecule is [CH2-]C(C)(c1cccc(C(C)(CC)C(C)CC)c1)C(C)CC.[Li+]. The van der Waals surface area contributed by atoms with Crippen molar-refractivity contribution in [2.45, 2.75) is 78.6 Å². The van der Waals surface area contributed by atoms with Gasteiger partial charge in [-0.05, 0) is 23.3 Å². The Morgan fingerprint density at radius 2 is 1.45 bits per heavy atom. The van der Waals surface area contributed by atoms with E-state index in [-0.39, 0.29) is 29.7 Å². The fourth-order valence-electron chi connectivity index (χ4n) is 3.25. The third-order valence-corrected chi connectivity index (χ3v) is 6.32. The van der Waals surface area contributed by atoms with Gasteiger partial charge in [-0.2, -0.15) is 0 Å². The van der Waals surface area contributed by atoms with Gasteiger partial charge < -0.3 is 6.92 Å². The zero-order valence-corrected chi connectivity index (χ0v) is 16.3. The molecule has 0 heterocycles. The summed E-state index contributed by atoms with van der Waals surface area (Å²) in [6.07, 6.45) is 3.57. The molecule has 0 saturated heterocycles. The average Bonchev–Trinajstić information content (AvgIpc) is 2.52. The summed E-state index contributed by atoms with van der Waals surface area (Å²) in [5.41, 5.74) is 3.12. The molecule has 0 fully saturated rings. The van der Waals surface area contributed by atoms with Crippen LogP contribution in [-0.2, 0) is 10.8 Å². The van der Waals surface area contributed by atoms with Gasteiger partial charge in [0, 0.05) is 0 Å². The molecule has 0 aliphatic carbocycles. The Morgan fingerprint density at radius 1 is 0.955 bits per heavy atom. The third-order valence-electron chi connectivity index (χ3n) is 6.32. The predicted molar refractivity (Wildman–Crippen MR) is 95.7 cm³/mol. The van der Waals surface area contributed by atoms with Crippen LogP contribution in [-0.4, -0.2) is 0 Å². The second kappa shape index (κ2) is 8.61. The third kappa shape index (κ3) is 4.21. The van der Waals surface area contributed by atoms with Gasteiger partial charge in [-0.15, -0.1) is 5.41 Å². The van der Waals surface area contributed by atoms with Crippen LogP contribution in [0.2, 0.25) is 0 Å². The van der Waals surface area contributed by atoms with Crippen molar-refractivity contribution in [1.82, 2.24) is 0 Å². The van der Waals surface area contributed by atoms with E-state index in [4.69, 9.17) is 0 Å². The minimum atomic E-state index is -0.00510. The van der Waals surface area contributed by atoms with Gasteiger partial charge in [-0.1, -0.05) is 97.1 Å². The van der Waals surface area contributed by atoms with Gasteiger partial charge >= 0.3 is 18.9 Å². The predicted octanol–water partition coefficient (Wildman–Crippen LogP) is 3.54. The minimum absolute atomic E-state index is 0. The topological polar surface area (TPSA) is 0 Å². The van der Waals surface area contributed by atoms with E-state index in [1.54, 1.807) is 0 Å². The van der Waals surface area contributed by atoms with Gasteiger partial charge in [-0.3, -0.25) is 0 Å². The summed E-state index contributed by atoms with van der Waals surface area (Å²) in [6.45, 7) is 20.8. The van der Waals surface area contributed by atoms with E-state index < -0.39 is 0 Å². The largest absolute Gasteiger partial charge is 1.00 e. The number of hydrogen-bond acceptors (Lipinski definition) is 0. The van der Waals surface area contributed by atoms with Crippen molar-refractivity contribution in [3.63, 3.8) is 0 Å². The van der Waals surface area contributed by atoms with E-state index in [0.29, 0.717) is 11.8 Å². The van der Waals surface area contributed by atoms with E-state index in [1.807, 2.05) is 0 Å². The van der Waals surface area contributed by atoms with Gasteiger partial charge in [0.1, 0.15) is 0 Å². The van der Waals surface area contributed by atoms with Crippen LogP contribution in [0.1, 0.15) is 78.9 Å². The molecule has 120 valence electrons. The molecule has 0 nitrogen and oxygen atoms in total. The molecule has 1 heteroatoms. The Balaban J connectivity index is 0.00000441. The van der Waals surface area contributed by atoms with Crippen molar-refractivity contribution < 1.29 is 18.9 Å². The zero-order chi connectivity index (χ0) is 16.3. The molecule has 1 aromatic carbocycles. The van der Waals surface area contributed by atoms with E-state index in [2.05, 4.69) is 79.7 Å². The van der Waals surface area contributed by atoms with Crippen LogP contribution in [0.15, 0.2) is 24.3 Å². The van der Waals surface area contributed by atoms with Crippen molar-refractivity contribution in [2.75, 3.05) is 0 Å². The van der Waals surface area contributed by atoms with Gasteiger partial charge in [0.2, 0.25) is 0 Å². The van der Waals surface area contributed by atoms with Crippen LogP contribution in [0.25, 0.3) is 0 Å². The molecule has 0 aromatic heterocycles. The standard InChI is InChI=1S/C21H35.Li/c1-9-16(4)20(6,7)18-13-12-14-19(15-18)21(8,11-3)17(5)10-2;/h12-17H,6,9-11H2,1-5,7-8H3;/q-1;+1. The normalized spacial score (nSPS) is 19.5. The molecule has 0 amide bonds. The first-order valence-corrected chi connectivity index (χ1v) is 8.70.